The molecule has 0 saturated carbocycles. The lowest BCUT2D eigenvalue weighted by atomic mass is 9.96. The van der Waals surface area contributed by atoms with Crippen molar-refractivity contribution in [2.24, 2.45) is 0 Å². The van der Waals surface area contributed by atoms with Gasteiger partial charge >= 0.3 is 0 Å². The van der Waals surface area contributed by atoms with Crippen molar-refractivity contribution in [2.75, 3.05) is 19.6 Å². The number of hydrogen-bond donors (Lipinski definition) is 3. The molecule has 1 unspecified atom stereocenters. The summed E-state index contributed by atoms with van der Waals surface area (Å²) in [6, 6.07) is 15.0. The van der Waals surface area contributed by atoms with Gasteiger partial charge in [0, 0.05) is 50.6 Å². The Hall–Kier alpha value is -3.20. The maximum Gasteiger partial charge on any atom is 0.221 e. The summed E-state index contributed by atoms with van der Waals surface area (Å²) >= 11 is 0. The first-order valence-corrected chi connectivity index (χ1v) is 14.3. The van der Waals surface area contributed by atoms with Crippen molar-refractivity contribution in [3.63, 3.8) is 0 Å². The van der Waals surface area contributed by atoms with Crippen molar-refractivity contribution in [1.82, 2.24) is 20.5 Å². The quantitative estimate of drug-likeness (QED) is 0.287. The van der Waals surface area contributed by atoms with E-state index >= 15 is 0 Å². The average Bonchev–Trinajstić information content (AvgIpc) is 2.96. The highest BCUT2D eigenvalue weighted by Crippen LogP contribution is 2.30. The number of halogens is 2. The van der Waals surface area contributed by atoms with Gasteiger partial charge in [-0.3, -0.25) is 14.7 Å². The molecule has 0 radical (unpaired) electrons. The van der Waals surface area contributed by atoms with Crippen molar-refractivity contribution in [3.8, 4) is 0 Å². The Morgan fingerprint density at radius 1 is 1.07 bits per heavy atom. The van der Waals surface area contributed by atoms with Gasteiger partial charge in [-0.1, -0.05) is 43.7 Å². The van der Waals surface area contributed by atoms with Crippen LogP contribution in [0.25, 0.3) is 0 Å². The van der Waals surface area contributed by atoms with E-state index in [1.54, 1.807) is 6.20 Å². The van der Waals surface area contributed by atoms with E-state index in [1.807, 2.05) is 24.4 Å². The van der Waals surface area contributed by atoms with Gasteiger partial charge in [0.25, 0.3) is 0 Å². The molecule has 1 aliphatic rings. The fraction of sp³-hybridized carbons (Fsp3) is 0.438. The Labute approximate surface area is 235 Å². The summed E-state index contributed by atoms with van der Waals surface area (Å²) in [7, 11) is 0. The molecule has 2 heterocycles. The number of nitrogens with zero attached hydrogens (tertiary/aromatic N) is 2. The van der Waals surface area contributed by atoms with Crippen LogP contribution in [-0.4, -0.2) is 52.7 Å². The van der Waals surface area contributed by atoms with Crippen molar-refractivity contribution in [3.05, 3.63) is 101 Å². The topological polar surface area (TPSA) is 77.5 Å². The second kappa shape index (κ2) is 15.0. The van der Waals surface area contributed by atoms with Crippen LogP contribution < -0.4 is 10.6 Å². The standard InChI is InChI=1S/C32H40F2N4O2/c1-2-23-7-5-8-24(15-23)20-36-22-31(39)29(18-25-16-27(33)19-28(34)17-25)37-32(40)11-14-38-13-4-3-10-30(38)26-9-6-12-35-21-26/h5-9,12,15-17,19,21,29-31,36,39H,2-4,10-11,13-14,18,20,22H2,1H3,(H,37,40)/t29-,30?,31-/m0/s1. The van der Waals surface area contributed by atoms with Crippen LogP contribution in [0.15, 0.2) is 67.0 Å². The summed E-state index contributed by atoms with van der Waals surface area (Å²) in [5, 5.41) is 17.3. The molecular weight excluding hydrogens is 510 g/mol. The molecular formula is C32H40F2N4O2. The van der Waals surface area contributed by atoms with E-state index in [4.69, 9.17) is 0 Å². The number of rotatable bonds is 13. The molecule has 0 spiro atoms. The Balaban J connectivity index is 1.37. The van der Waals surface area contributed by atoms with Crippen LogP contribution in [0.5, 0.6) is 0 Å². The summed E-state index contributed by atoms with van der Waals surface area (Å²) in [6.07, 6.45) is 7.24. The number of benzene rings is 2. The van der Waals surface area contributed by atoms with Crippen molar-refractivity contribution < 1.29 is 18.7 Å². The summed E-state index contributed by atoms with van der Waals surface area (Å²) < 4.78 is 27.8. The van der Waals surface area contributed by atoms with E-state index < -0.39 is 23.8 Å². The Morgan fingerprint density at radius 3 is 2.62 bits per heavy atom. The van der Waals surface area contributed by atoms with Crippen LogP contribution >= 0.6 is 0 Å². The first-order valence-electron chi connectivity index (χ1n) is 14.3. The molecule has 0 bridgehead atoms. The van der Waals surface area contributed by atoms with Gasteiger partial charge in [-0.25, -0.2) is 8.78 Å². The Bertz CT molecular complexity index is 1210. The molecule has 0 aliphatic carbocycles. The molecule has 6 nitrogen and oxygen atoms in total. The SMILES string of the molecule is CCc1cccc(CNC[C@H](O)[C@H](Cc2cc(F)cc(F)c2)NC(=O)CCN2CCCCC2c2cccnc2)c1. The zero-order chi connectivity index (χ0) is 28.3. The lowest BCUT2D eigenvalue weighted by Crippen LogP contribution is -2.49. The monoisotopic (exact) mass is 550 g/mol. The zero-order valence-electron chi connectivity index (χ0n) is 23.2. The number of likely N-dealkylation sites (tertiary alicyclic amines) is 1. The van der Waals surface area contributed by atoms with Crippen LogP contribution in [0.1, 0.15) is 60.9 Å². The van der Waals surface area contributed by atoms with E-state index in [-0.39, 0.29) is 31.3 Å². The maximum absolute atomic E-state index is 13.9. The van der Waals surface area contributed by atoms with Crippen molar-refractivity contribution >= 4 is 5.91 Å². The number of carbonyl (C=O) groups excluding carboxylic acids is 1. The highest BCUT2D eigenvalue weighted by Gasteiger charge is 2.26. The molecule has 1 fully saturated rings. The lowest BCUT2D eigenvalue weighted by Gasteiger charge is -2.36. The van der Waals surface area contributed by atoms with Gasteiger partial charge in [0.05, 0.1) is 12.1 Å². The maximum atomic E-state index is 13.9. The van der Waals surface area contributed by atoms with Crippen LogP contribution in [0.2, 0.25) is 0 Å². The van der Waals surface area contributed by atoms with Gasteiger partial charge in [0.2, 0.25) is 5.91 Å². The van der Waals surface area contributed by atoms with Crippen LogP contribution in [0.4, 0.5) is 8.78 Å². The second-order valence-corrected chi connectivity index (χ2v) is 10.6. The lowest BCUT2D eigenvalue weighted by molar-refractivity contribution is -0.123. The highest BCUT2D eigenvalue weighted by molar-refractivity contribution is 5.76. The summed E-state index contributed by atoms with van der Waals surface area (Å²) in [5.74, 6) is -1.57. The number of hydrogen-bond acceptors (Lipinski definition) is 5. The molecule has 1 amide bonds. The average molecular weight is 551 g/mol. The smallest absolute Gasteiger partial charge is 0.221 e. The first kappa shape index (κ1) is 29.8. The molecule has 3 aromatic rings. The van der Waals surface area contributed by atoms with E-state index in [1.165, 1.54) is 17.7 Å². The number of pyridine rings is 1. The molecule has 2 aromatic carbocycles. The molecule has 40 heavy (non-hydrogen) atoms. The van der Waals surface area contributed by atoms with Crippen molar-refractivity contribution in [2.45, 2.75) is 70.2 Å². The number of carbonyl (C=O) groups is 1. The molecule has 1 aliphatic heterocycles. The third-order valence-electron chi connectivity index (χ3n) is 7.58. The number of aliphatic hydroxyl groups excluding tert-OH is 1. The summed E-state index contributed by atoms with van der Waals surface area (Å²) in [6.45, 7) is 4.36. The van der Waals surface area contributed by atoms with Gasteiger partial charge < -0.3 is 15.7 Å². The van der Waals surface area contributed by atoms with Gasteiger partial charge in [-0.2, -0.15) is 0 Å². The summed E-state index contributed by atoms with van der Waals surface area (Å²) in [4.78, 5) is 19.7. The number of nitrogens with one attached hydrogen (secondary N) is 2. The predicted molar refractivity (Wildman–Crippen MR) is 153 cm³/mol. The van der Waals surface area contributed by atoms with E-state index in [9.17, 15) is 18.7 Å². The van der Waals surface area contributed by atoms with E-state index in [0.29, 0.717) is 18.7 Å². The van der Waals surface area contributed by atoms with E-state index in [2.05, 4.69) is 45.6 Å². The molecule has 3 N–H and O–H groups in total. The number of piperidine rings is 1. The minimum atomic E-state index is -0.956. The predicted octanol–water partition coefficient (Wildman–Crippen LogP) is 4.72. The number of aryl methyl sites for hydroxylation is 1. The fourth-order valence-electron chi connectivity index (χ4n) is 5.47. The second-order valence-electron chi connectivity index (χ2n) is 10.6. The van der Waals surface area contributed by atoms with Gasteiger partial charge in [-0.05, 0) is 72.7 Å². The summed E-state index contributed by atoms with van der Waals surface area (Å²) in [5.41, 5.74) is 3.87. The third kappa shape index (κ3) is 8.91. The number of amides is 1. The normalized spacial score (nSPS) is 17.4. The Kier molecular flexibility index (Phi) is 11.1. The van der Waals surface area contributed by atoms with Crippen LogP contribution in [0, 0.1) is 11.6 Å². The first-order chi connectivity index (χ1) is 19.4. The minimum absolute atomic E-state index is 0.108. The van der Waals surface area contributed by atoms with Gasteiger partial charge in [0.1, 0.15) is 11.6 Å². The largest absolute Gasteiger partial charge is 0.390 e. The molecule has 4 rings (SSSR count). The van der Waals surface area contributed by atoms with Crippen LogP contribution in [0.3, 0.4) is 0 Å². The van der Waals surface area contributed by atoms with E-state index in [0.717, 1.165) is 49.4 Å². The molecule has 8 heteroatoms. The van der Waals surface area contributed by atoms with Crippen molar-refractivity contribution in [1.29, 1.82) is 0 Å². The molecule has 1 saturated heterocycles. The minimum Gasteiger partial charge on any atom is -0.390 e. The number of aliphatic hydroxyl groups is 1. The van der Waals surface area contributed by atoms with Gasteiger partial charge in [0.15, 0.2) is 0 Å². The zero-order valence-corrected chi connectivity index (χ0v) is 23.2. The molecule has 1 aromatic heterocycles. The van der Waals surface area contributed by atoms with Crippen LogP contribution in [-0.2, 0) is 24.2 Å². The highest BCUT2D eigenvalue weighted by atomic mass is 19.1. The third-order valence-corrected chi connectivity index (χ3v) is 7.58. The molecule has 3 atom stereocenters. The Morgan fingerprint density at radius 2 is 1.88 bits per heavy atom. The number of aromatic nitrogens is 1. The molecule has 214 valence electrons. The fourth-order valence-corrected chi connectivity index (χ4v) is 5.47. The van der Waals surface area contributed by atoms with Gasteiger partial charge in [-0.15, -0.1) is 0 Å².